The molecular weight excluding hydrogens is 302 g/mol. The summed E-state index contributed by atoms with van der Waals surface area (Å²) in [7, 11) is 1.58. The summed E-state index contributed by atoms with van der Waals surface area (Å²) in [5.74, 6) is 1.42. The molecule has 24 heavy (non-hydrogen) atoms. The van der Waals surface area contributed by atoms with Crippen LogP contribution in [0, 0.1) is 0 Å². The minimum absolute atomic E-state index is 0.178. The maximum absolute atomic E-state index is 12.3. The van der Waals surface area contributed by atoms with Gasteiger partial charge in [-0.15, -0.1) is 0 Å². The van der Waals surface area contributed by atoms with Gasteiger partial charge in [-0.3, -0.25) is 4.79 Å². The molecule has 0 aliphatic rings. The van der Waals surface area contributed by atoms with Crippen molar-refractivity contribution < 1.29 is 9.53 Å². The first-order chi connectivity index (χ1) is 11.7. The zero-order chi connectivity index (χ0) is 17.4. The molecule has 5 heteroatoms. The van der Waals surface area contributed by atoms with Gasteiger partial charge in [-0.05, 0) is 43.2 Å². The third kappa shape index (κ3) is 4.72. The average Bonchev–Trinajstić information content (AvgIpc) is 2.62. The number of methoxy groups -OCH3 is 1. The Bertz CT molecular complexity index is 650. The van der Waals surface area contributed by atoms with Crippen LogP contribution in [-0.4, -0.2) is 31.1 Å². The van der Waals surface area contributed by atoms with Crippen molar-refractivity contribution in [2.24, 2.45) is 0 Å². The van der Waals surface area contributed by atoms with E-state index in [9.17, 15) is 4.79 Å². The Labute approximate surface area is 143 Å². The molecule has 0 saturated carbocycles. The highest BCUT2D eigenvalue weighted by molar-refractivity contribution is 6.04. The lowest BCUT2D eigenvalue weighted by Crippen LogP contribution is -2.25. The van der Waals surface area contributed by atoms with E-state index in [1.54, 1.807) is 31.5 Å². The quantitative estimate of drug-likeness (QED) is 0.797. The summed E-state index contributed by atoms with van der Waals surface area (Å²) in [6.45, 7) is 6.28. The number of aromatic nitrogens is 1. The van der Waals surface area contributed by atoms with Gasteiger partial charge in [-0.1, -0.05) is 19.9 Å². The van der Waals surface area contributed by atoms with E-state index in [0.29, 0.717) is 17.0 Å². The van der Waals surface area contributed by atoms with Crippen LogP contribution in [-0.2, 0) is 0 Å². The molecule has 1 aromatic carbocycles. The number of nitrogens with zero attached hydrogens (tertiary/aromatic N) is 2. The summed E-state index contributed by atoms with van der Waals surface area (Å²) >= 11 is 0. The normalized spacial score (nSPS) is 10.3. The van der Waals surface area contributed by atoms with Crippen LogP contribution in [0.1, 0.15) is 37.0 Å². The lowest BCUT2D eigenvalue weighted by atomic mass is 10.2. The Kier molecular flexibility index (Phi) is 6.61. The predicted molar refractivity (Wildman–Crippen MR) is 98.0 cm³/mol. The lowest BCUT2D eigenvalue weighted by molar-refractivity contribution is 0.102. The first-order valence-electron chi connectivity index (χ1n) is 8.34. The van der Waals surface area contributed by atoms with Crippen molar-refractivity contribution in [3.63, 3.8) is 0 Å². The topological polar surface area (TPSA) is 54.5 Å². The van der Waals surface area contributed by atoms with Crippen LogP contribution in [0.15, 0.2) is 42.6 Å². The second-order valence-electron chi connectivity index (χ2n) is 5.58. The van der Waals surface area contributed by atoms with Crippen LogP contribution in [0.5, 0.6) is 5.75 Å². The van der Waals surface area contributed by atoms with Crippen LogP contribution >= 0.6 is 0 Å². The van der Waals surface area contributed by atoms with E-state index in [1.165, 1.54) is 0 Å². The molecule has 0 aliphatic carbocycles. The van der Waals surface area contributed by atoms with Crippen molar-refractivity contribution in [3.8, 4) is 5.75 Å². The van der Waals surface area contributed by atoms with Crippen molar-refractivity contribution in [1.29, 1.82) is 0 Å². The molecule has 0 atom stereocenters. The molecule has 1 amide bonds. The number of nitrogens with one attached hydrogen (secondary N) is 1. The molecular formula is C19H25N3O2. The van der Waals surface area contributed by atoms with Gasteiger partial charge in [0.05, 0.1) is 19.0 Å². The highest BCUT2D eigenvalue weighted by Gasteiger charge is 2.09. The predicted octanol–water partition coefficient (Wildman–Crippen LogP) is 3.97. The van der Waals surface area contributed by atoms with E-state index in [2.05, 4.69) is 29.0 Å². The zero-order valence-corrected chi connectivity index (χ0v) is 14.6. The second kappa shape index (κ2) is 8.91. The minimum Gasteiger partial charge on any atom is -0.497 e. The van der Waals surface area contributed by atoms with Gasteiger partial charge in [0.1, 0.15) is 11.6 Å². The summed E-state index contributed by atoms with van der Waals surface area (Å²) in [6.07, 6.45) is 3.86. The number of hydrogen-bond acceptors (Lipinski definition) is 4. The third-order valence-corrected chi connectivity index (χ3v) is 3.65. The van der Waals surface area contributed by atoms with Gasteiger partial charge >= 0.3 is 0 Å². The molecule has 0 fully saturated rings. The zero-order valence-electron chi connectivity index (χ0n) is 14.6. The van der Waals surface area contributed by atoms with Gasteiger partial charge in [-0.25, -0.2) is 4.98 Å². The van der Waals surface area contributed by atoms with Crippen molar-refractivity contribution in [2.45, 2.75) is 26.7 Å². The molecule has 1 aromatic heterocycles. The highest BCUT2D eigenvalue weighted by atomic mass is 16.5. The van der Waals surface area contributed by atoms with Crippen molar-refractivity contribution in [2.75, 3.05) is 30.4 Å². The van der Waals surface area contributed by atoms with E-state index < -0.39 is 0 Å². The first kappa shape index (κ1) is 17.8. The van der Waals surface area contributed by atoms with Crippen LogP contribution in [0.4, 0.5) is 11.5 Å². The molecule has 1 N–H and O–H groups in total. The van der Waals surface area contributed by atoms with Crippen molar-refractivity contribution in [1.82, 2.24) is 4.98 Å². The van der Waals surface area contributed by atoms with Gasteiger partial charge in [-0.2, -0.15) is 0 Å². The number of benzene rings is 1. The fourth-order valence-electron chi connectivity index (χ4n) is 2.50. The van der Waals surface area contributed by atoms with Gasteiger partial charge in [0.25, 0.3) is 5.91 Å². The van der Waals surface area contributed by atoms with Crippen LogP contribution in [0.2, 0.25) is 0 Å². The van der Waals surface area contributed by atoms with Crippen LogP contribution < -0.4 is 15.0 Å². The average molecular weight is 327 g/mol. The maximum atomic E-state index is 12.3. The second-order valence-corrected chi connectivity index (χ2v) is 5.58. The SMILES string of the molecule is CCCN(CCC)c1ccc(NC(=O)c2cccc(OC)c2)cn1. The number of ether oxygens (including phenoxy) is 1. The molecule has 0 aliphatic heterocycles. The number of carbonyl (C=O) groups excluding carboxylic acids is 1. The largest absolute Gasteiger partial charge is 0.497 e. The standard InChI is InChI=1S/C19H25N3O2/c1-4-11-22(12-5-2)18-10-9-16(14-20-18)21-19(23)15-7-6-8-17(13-15)24-3/h6-10,13-14H,4-5,11-12H2,1-3H3,(H,21,23). The van der Waals surface area contributed by atoms with Crippen molar-refractivity contribution in [3.05, 3.63) is 48.2 Å². The highest BCUT2D eigenvalue weighted by Crippen LogP contribution is 2.17. The van der Waals surface area contributed by atoms with Gasteiger partial charge in [0, 0.05) is 18.7 Å². The Hall–Kier alpha value is -2.56. The number of hydrogen-bond donors (Lipinski definition) is 1. The molecule has 5 nitrogen and oxygen atoms in total. The van der Waals surface area contributed by atoms with E-state index in [4.69, 9.17) is 4.74 Å². The molecule has 0 saturated heterocycles. The number of anilines is 2. The fourth-order valence-corrected chi connectivity index (χ4v) is 2.50. The fraction of sp³-hybridized carbons (Fsp3) is 0.368. The number of rotatable bonds is 8. The summed E-state index contributed by atoms with van der Waals surface area (Å²) < 4.78 is 5.15. The van der Waals surface area contributed by atoms with Crippen molar-refractivity contribution >= 4 is 17.4 Å². The number of amides is 1. The Morgan fingerprint density at radius 1 is 1.17 bits per heavy atom. The van der Waals surface area contributed by atoms with Gasteiger partial charge in [0.2, 0.25) is 0 Å². The van der Waals surface area contributed by atoms with E-state index in [-0.39, 0.29) is 5.91 Å². The maximum Gasteiger partial charge on any atom is 0.255 e. The Balaban J connectivity index is 2.06. The third-order valence-electron chi connectivity index (χ3n) is 3.65. The Morgan fingerprint density at radius 2 is 1.92 bits per heavy atom. The lowest BCUT2D eigenvalue weighted by Gasteiger charge is -2.22. The summed E-state index contributed by atoms with van der Waals surface area (Å²) in [6, 6.07) is 10.9. The van der Waals surface area contributed by atoms with Crippen LogP contribution in [0.3, 0.4) is 0 Å². The van der Waals surface area contributed by atoms with E-state index in [1.807, 2.05) is 18.2 Å². The molecule has 0 radical (unpaired) electrons. The summed E-state index contributed by atoms with van der Waals surface area (Å²) in [4.78, 5) is 19.0. The molecule has 0 spiro atoms. The molecule has 0 unspecified atom stereocenters. The molecule has 2 aromatic rings. The summed E-state index contributed by atoms with van der Waals surface area (Å²) in [5, 5.41) is 2.86. The van der Waals surface area contributed by atoms with E-state index >= 15 is 0 Å². The summed E-state index contributed by atoms with van der Waals surface area (Å²) in [5.41, 5.74) is 1.23. The Morgan fingerprint density at radius 3 is 2.50 bits per heavy atom. The number of pyridine rings is 1. The molecule has 128 valence electrons. The van der Waals surface area contributed by atoms with Crippen LogP contribution in [0.25, 0.3) is 0 Å². The smallest absolute Gasteiger partial charge is 0.255 e. The minimum atomic E-state index is -0.178. The number of carbonyl (C=O) groups is 1. The molecule has 0 bridgehead atoms. The van der Waals surface area contributed by atoms with E-state index in [0.717, 1.165) is 31.7 Å². The molecule has 1 heterocycles. The van der Waals surface area contributed by atoms with Gasteiger partial charge < -0.3 is 15.0 Å². The molecule has 2 rings (SSSR count). The monoisotopic (exact) mass is 327 g/mol. The first-order valence-corrected chi connectivity index (χ1v) is 8.34. The van der Waals surface area contributed by atoms with Gasteiger partial charge in [0.15, 0.2) is 0 Å².